The molecule has 1 fully saturated rings. The third kappa shape index (κ3) is 1.37. The van der Waals surface area contributed by atoms with Crippen molar-refractivity contribution in [3.63, 3.8) is 0 Å². The summed E-state index contributed by atoms with van der Waals surface area (Å²) >= 11 is 6.49. The number of thioether (sulfide) groups is 1. The first kappa shape index (κ1) is 6.89. The highest BCUT2D eigenvalue weighted by molar-refractivity contribution is 8.25. The van der Waals surface area contributed by atoms with E-state index < -0.39 is 0 Å². The van der Waals surface area contributed by atoms with Crippen LogP contribution in [-0.4, -0.2) is 16.4 Å². The van der Waals surface area contributed by atoms with Gasteiger partial charge in [0, 0.05) is 7.05 Å². The summed E-state index contributed by atoms with van der Waals surface area (Å²) in [6, 6.07) is 0. The summed E-state index contributed by atoms with van der Waals surface area (Å²) in [5.41, 5.74) is 2.98. The van der Waals surface area contributed by atoms with Crippen molar-refractivity contribution in [2.45, 2.75) is 6.92 Å². The zero-order chi connectivity index (χ0) is 6.85. The SMILES string of the molecule is CC=C1SC(=S)NN1C. The van der Waals surface area contributed by atoms with Crippen LogP contribution >= 0.6 is 24.0 Å². The molecule has 0 radical (unpaired) electrons. The third-order valence-electron chi connectivity index (χ3n) is 1.03. The van der Waals surface area contributed by atoms with E-state index in [-0.39, 0.29) is 0 Å². The number of thiocarbonyl (C=S) groups is 1. The summed E-state index contributed by atoms with van der Waals surface area (Å²) in [6.45, 7) is 1.99. The molecule has 0 atom stereocenters. The Morgan fingerprint density at radius 2 is 2.44 bits per heavy atom. The van der Waals surface area contributed by atoms with Gasteiger partial charge in [0.25, 0.3) is 0 Å². The predicted octanol–water partition coefficient (Wildman–Crippen LogP) is 1.32. The van der Waals surface area contributed by atoms with Gasteiger partial charge >= 0.3 is 0 Å². The van der Waals surface area contributed by atoms with Gasteiger partial charge in [-0.2, -0.15) is 0 Å². The third-order valence-corrected chi connectivity index (χ3v) is 2.37. The van der Waals surface area contributed by atoms with Crippen LogP contribution in [0.25, 0.3) is 0 Å². The van der Waals surface area contributed by atoms with Crippen LogP contribution in [0.4, 0.5) is 0 Å². The molecular formula is C5H8N2S2. The Bertz CT molecular complexity index is 164. The minimum absolute atomic E-state index is 0.825. The van der Waals surface area contributed by atoms with Crippen molar-refractivity contribution in [2.75, 3.05) is 7.05 Å². The van der Waals surface area contributed by atoms with Crippen molar-refractivity contribution in [3.8, 4) is 0 Å². The summed E-state index contributed by atoms with van der Waals surface area (Å²) in [6.07, 6.45) is 2.02. The molecule has 9 heavy (non-hydrogen) atoms. The summed E-state index contributed by atoms with van der Waals surface area (Å²) in [4.78, 5) is 0. The van der Waals surface area contributed by atoms with E-state index in [0.29, 0.717) is 0 Å². The van der Waals surface area contributed by atoms with Gasteiger partial charge < -0.3 is 0 Å². The molecule has 2 nitrogen and oxygen atoms in total. The molecule has 0 aromatic carbocycles. The van der Waals surface area contributed by atoms with Gasteiger partial charge in [-0.3, -0.25) is 10.4 Å². The maximum atomic E-state index is 4.91. The Kier molecular flexibility index (Phi) is 1.97. The molecule has 1 heterocycles. The molecule has 0 spiro atoms. The first-order valence-electron chi connectivity index (χ1n) is 2.62. The first-order valence-corrected chi connectivity index (χ1v) is 3.85. The van der Waals surface area contributed by atoms with E-state index in [2.05, 4.69) is 5.43 Å². The molecule has 0 aromatic rings. The van der Waals surface area contributed by atoms with Crippen LogP contribution in [0.3, 0.4) is 0 Å². The molecule has 0 bridgehead atoms. The molecule has 1 N–H and O–H groups in total. The predicted molar refractivity (Wildman–Crippen MR) is 44.8 cm³/mol. The van der Waals surface area contributed by atoms with Gasteiger partial charge in [-0.05, 0) is 18.7 Å². The van der Waals surface area contributed by atoms with E-state index in [9.17, 15) is 0 Å². The monoisotopic (exact) mass is 160 g/mol. The highest BCUT2D eigenvalue weighted by atomic mass is 32.2. The van der Waals surface area contributed by atoms with Crippen molar-refractivity contribution >= 4 is 28.3 Å². The fourth-order valence-electron chi connectivity index (χ4n) is 0.631. The van der Waals surface area contributed by atoms with Crippen LogP contribution < -0.4 is 5.43 Å². The van der Waals surface area contributed by atoms with Crippen molar-refractivity contribution in [1.82, 2.24) is 10.4 Å². The molecule has 1 saturated heterocycles. The Morgan fingerprint density at radius 1 is 1.78 bits per heavy atom. The van der Waals surface area contributed by atoms with Crippen LogP contribution in [0.1, 0.15) is 6.92 Å². The lowest BCUT2D eigenvalue weighted by Crippen LogP contribution is -2.26. The average molecular weight is 160 g/mol. The van der Waals surface area contributed by atoms with E-state index >= 15 is 0 Å². The quantitative estimate of drug-likeness (QED) is 0.537. The van der Waals surface area contributed by atoms with Crippen LogP contribution in [0.5, 0.6) is 0 Å². The van der Waals surface area contributed by atoms with Crippen molar-refractivity contribution in [2.24, 2.45) is 0 Å². The maximum Gasteiger partial charge on any atom is 0.158 e. The van der Waals surface area contributed by atoms with E-state index in [0.717, 1.165) is 4.32 Å². The minimum atomic E-state index is 0.825. The Balaban J connectivity index is 2.69. The van der Waals surface area contributed by atoms with Crippen molar-refractivity contribution in [1.29, 1.82) is 0 Å². The van der Waals surface area contributed by atoms with Crippen LogP contribution in [0.2, 0.25) is 0 Å². The van der Waals surface area contributed by atoms with Gasteiger partial charge in [-0.15, -0.1) is 0 Å². The molecule has 1 rings (SSSR count). The lowest BCUT2D eigenvalue weighted by Gasteiger charge is -2.09. The van der Waals surface area contributed by atoms with E-state index in [4.69, 9.17) is 12.2 Å². The summed E-state index contributed by atoms with van der Waals surface area (Å²) in [5.74, 6) is 0. The standard InChI is InChI=1S/C5H8N2S2/c1-3-4-7(2)6-5(8)9-4/h3H,1-2H3,(H,6,8). The van der Waals surface area contributed by atoms with E-state index in [1.54, 1.807) is 11.8 Å². The molecule has 4 heteroatoms. The Labute approximate surface area is 64.3 Å². The molecule has 0 amide bonds. The molecule has 0 aliphatic carbocycles. The maximum absolute atomic E-state index is 4.91. The number of nitrogens with zero attached hydrogens (tertiary/aromatic N) is 1. The molecule has 0 unspecified atom stereocenters. The summed E-state index contributed by atoms with van der Waals surface area (Å²) < 4.78 is 0.825. The lowest BCUT2D eigenvalue weighted by molar-refractivity contribution is 0.413. The number of hydrazine groups is 1. The fourth-order valence-corrected chi connectivity index (χ4v) is 1.70. The average Bonchev–Trinajstić information content (AvgIpc) is 2.10. The highest BCUT2D eigenvalue weighted by Gasteiger charge is 2.15. The van der Waals surface area contributed by atoms with E-state index in [1.807, 2.05) is 25.1 Å². The first-order chi connectivity index (χ1) is 4.24. The van der Waals surface area contributed by atoms with Gasteiger partial charge in [0.1, 0.15) is 0 Å². The molecule has 1 aliphatic heterocycles. The fraction of sp³-hybridized carbons (Fsp3) is 0.400. The largest absolute Gasteiger partial charge is 0.283 e. The number of rotatable bonds is 0. The van der Waals surface area contributed by atoms with Gasteiger partial charge in [0.2, 0.25) is 0 Å². The number of nitrogens with one attached hydrogen (secondary N) is 1. The summed E-state index contributed by atoms with van der Waals surface area (Å²) in [7, 11) is 1.95. The van der Waals surface area contributed by atoms with Gasteiger partial charge in [-0.1, -0.05) is 18.3 Å². The lowest BCUT2D eigenvalue weighted by atomic mass is 10.7. The van der Waals surface area contributed by atoms with Gasteiger partial charge in [-0.25, -0.2) is 0 Å². The minimum Gasteiger partial charge on any atom is -0.283 e. The summed E-state index contributed by atoms with van der Waals surface area (Å²) in [5, 5.41) is 3.08. The zero-order valence-corrected chi connectivity index (χ0v) is 6.97. The van der Waals surface area contributed by atoms with Crippen LogP contribution in [0, 0.1) is 0 Å². The second-order valence-electron chi connectivity index (χ2n) is 1.69. The number of allylic oxidation sites excluding steroid dienone is 1. The second kappa shape index (κ2) is 2.58. The van der Waals surface area contributed by atoms with Crippen molar-refractivity contribution < 1.29 is 0 Å². The molecule has 0 saturated carbocycles. The van der Waals surface area contributed by atoms with Gasteiger partial charge in [0.15, 0.2) is 4.32 Å². The molecule has 50 valence electrons. The smallest absolute Gasteiger partial charge is 0.158 e. The van der Waals surface area contributed by atoms with Crippen LogP contribution in [0.15, 0.2) is 11.1 Å². The van der Waals surface area contributed by atoms with Gasteiger partial charge in [0.05, 0.1) is 5.03 Å². The molecule has 0 aromatic heterocycles. The number of hydrogen-bond donors (Lipinski definition) is 1. The van der Waals surface area contributed by atoms with Crippen LogP contribution in [-0.2, 0) is 0 Å². The Hall–Kier alpha value is -0.220. The molecular weight excluding hydrogens is 152 g/mol. The topological polar surface area (TPSA) is 15.3 Å². The number of hydrogen-bond acceptors (Lipinski definition) is 3. The zero-order valence-electron chi connectivity index (χ0n) is 5.34. The van der Waals surface area contributed by atoms with Crippen molar-refractivity contribution in [3.05, 3.63) is 11.1 Å². The Morgan fingerprint density at radius 3 is 2.67 bits per heavy atom. The normalized spacial score (nSPS) is 23.1. The highest BCUT2D eigenvalue weighted by Crippen LogP contribution is 2.24. The van der Waals surface area contributed by atoms with E-state index in [1.165, 1.54) is 5.03 Å². The second-order valence-corrected chi connectivity index (χ2v) is 3.38. The molecule has 1 aliphatic rings.